The van der Waals surface area contributed by atoms with Gasteiger partial charge in [0.25, 0.3) is 0 Å². The van der Waals surface area contributed by atoms with E-state index >= 15 is 0 Å². The molecule has 0 saturated heterocycles. The lowest BCUT2D eigenvalue weighted by Crippen LogP contribution is -2.20. The van der Waals surface area contributed by atoms with Crippen molar-refractivity contribution in [1.29, 1.82) is 0 Å². The van der Waals surface area contributed by atoms with Gasteiger partial charge in [-0.15, -0.1) is 0 Å². The first-order chi connectivity index (χ1) is 4.50. The Hall–Kier alpha value is -1.06. The number of carboxylic acid groups (broad SMARTS) is 2. The van der Waals surface area contributed by atoms with Gasteiger partial charge in [0.15, 0.2) is 0 Å². The molecule has 0 rings (SSSR count). The summed E-state index contributed by atoms with van der Waals surface area (Å²) in [6.45, 7) is 2.77. The molecule has 0 amide bonds. The molecule has 0 atom stereocenters. The molecule has 0 heterocycles. The van der Waals surface area contributed by atoms with Gasteiger partial charge in [0.05, 0.1) is 0 Å². The fraction of sp³-hybridized carbons (Fsp3) is 0.667. The van der Waals surface area contributed by atoms with Crippen molar-refractivity contribution in [2.45, 2.75) is 26.7 Å². The lowest BCUT2D eigenvalue weighted by Gasteiger charge is -1.92. The van der Waals surface area contributed by atoms with Crippen LogP contribution < -0.4 is 10.2 Å². The van der Waals surface area contributed by atoms with E-state index in [9.17, 15) is 9.90 Å². The Morgan fingerprint density at radius 3 is 1.60 bits per heavy atom. The molecule has 0 radical (unpaired) electrons. The molecule has 4 heteroatoms. The molecule has 0 aliphatic carbocycles. The van der Waals surface area contributed by atoms with Crippen molar-refractivity contribution in [3.8, 4) is 0 Å². The topological polar surface area (TPSA) is 80.3 Å². The minimum Gasteiger partial charge on any atom is -0.550 e. The first-order valence-electron chi connectivity index (χ1n) is 2.88. The lowest BCUT2D eigenvalue weighted by atomic mass is 10.4. The summed E-state index contributed by atoms with van der Waals surface area (Å²) in [6, 6.07) is 0. The highest BCUT2D eigenvalue weighted by molar-refractivity contribution is 5.63. The monoisotopic (exact) mass is 146 g/mol. The van der Waals surface area contributed by atoms with E-state index in [0.717, 1.165) is 6.92 Å². The number of carboxylic acids is 2. The van der Waals surface area contributed by atoms with Gasteiger partial charge in [-0.3, -0.25) is 0 Å². The molecule has 0 aliphatic heterocycles. The van der Waals surface area contributed by atoms with Gasteiger partial charge in [0, 0.05) is 11.9 Å². The maximum Gasteiger partial charge on any atom is 0.0414 e. The third-order valence-corrected chi connectivity index (χ3v) is 0.454. The van der Waals surface area contributed by atoms with Crippen molar-refractivity contribution in [2.24, 2.45) is 0 Å². The number of carbonyl (C=O) groups excluding carboxylic acids is 2. The first-order valence-corrected chi connectivity index (χ1v) is 2.88. The van der Waals surface area contributed by atoms with Gasteiger partial charge in [0.2, 0.25) is 0 Å². The third kappa shape index (κ3) is 65.1. The second-order valence-corrected chi connectivity index (χ2v) is 1.61. The average molecular weight is 146 g/mol. The number of rotatable bonds is 2. The molecule has 0 spiro atoms. The molecule has 0 aromatic carbocycles. The number of hydrogen-bond acceptors (Lipinski definition) is 4. The molecule has 10 heavy (non-hydrogen) atoms. The summed E-state index contributed by atoms with van der Waals surface area (Å²) < 4.78 is 0. The Bertz CT molecular complexity index is 104. The van der Waals surface area contributed by atoms with E-state index in [2.05, 4.69) is 0 Å². The van der Waals surface area contributed by atoms with Crippen LogP contribution in [0.2, 0.25) is 0 Å². The van der Waals surface area contributed by atoms with Crippen molar-refractivity contribution >= 4 is 11.9 Å². The summed E-state index contributed by atoms with van der Waals surface area (Å²) in [5.41, 5.74) is 0. The molecular formula is C6H10O4-2. The Labute approximate surface area is 59.5 Å². The zero-order valence-electron chi connectivity index (χ0n) is 6.05. The van der Waals surface area contributed by atoms with E-state index in [1.807, 2.05) is 0 Å². The minimum atomic E-state index is -1.08. The summed E-state index contributed by atoms with van der Waals surface area (Å²) in [6.07, 6.45) is 0.850. The number of hydrogen-bond donors (Lipinski definition) is 0. The van der Waals surface area contributed by atoms with Crippen molar-refractivity contribution in [2.75, 3.05) is 0 Å². The molecule has 0 aromatic rings. The second-order valence-electron chi connectivity index (χ2n) is 1.61. The molecule has 0 bridgehead atoms. The molecule has 0 fully saturated rings. The second kappa shape index (κ2) is 7.94. The fourth-order valence-corrected chi connectivity index (χ4v) is 0.204. The van der Waals surface area contributed by atoms with Gasteiger partial charge in [-0.25, -0.2) is 0 Å². The summed E-state index contributed by atoms with van der Waals surface area (Å²) in [7, 11) is 0. The van der Waals surface area contributed by atoms with E-state index in [4.69, 9.17) is 9.90 Å². The van der Waals surface area contributed by atoms with E-state index in [1.165, 1.54) is 0 Å². The maximum atomic E-state index is 9.49. The lowest BCUT2D eigenvalue weighted by molar-refractivity contribution is -0.306. The summed E-state index contributed by atoms with van der Waals surface area (Å²) in [5, 5.41) is 18.4. The van der Waals surface area contributed by atoms with Gasteiger partial charge >= 0.3 is 0 Å². The highest BCUT2D eigenvalue weighted by Crippen LogP contribution is 1.79. The van der Waals surface area contributed by atoms with Crippen LogP contribution in [0.15, 0.2) is 0 Å². The van der Waals surface area contributed by atoms with E-state index in [0.29, 0.717) is 6.42 Å². The number of aliphatic carboxylic acids is 2. The molecule has 0 saturated carbocycles. The van der Waals surface area contributed by atoms with Gasteiger partial charge in [0.1, 0.15) is 0 Å². The maximum absolute atomic E-state index is 9.49. The Balaban J connectivity index is 0. The molecule has 0 aromatic heterocycles. The molecule has 4 nitrogen and oxygen atoms in total. The third-order valence-electron chi connectivity index (χ3n) is 0.454. The van der Waals surface area contributed by atoms with E-state index < -0.39 is 11.9 Å². The Kier molecular flexibility index (Phi) is 9.29. The van der Waals surface area contributed by atoms with Gasteiger partial charge < -0.3 is 19.8 Å². The zero-order chi connectivity index (χ0) is 8.57. The molecule has 0 N–H and O–H groups in total. The minimum absolute atomic E-state index is 0.181. The summed E-state index contributed by atoms with van der Waals surface area (Å²) in [5.74, 6) is -2.04. The van der Waals surface area contributed by atoms with Gasteiger partial charge in [-0.1, -0.05) is 13.3 Å². The highest BCUT2D eigenvalue weighted by Gasteiger charge is 1.75. The zero-order valence-corrected chi connectivity index (χ0v) is 6.05. The quantitative estimate of drug-likeness (QED) is 0.464. The van der Waals surface area contributed by atoms with E-state index in [-0.39, 0.29) is 6.42 Å². The van der Waals surface area contributed by atoms with Crippen molar-refractivity contribution in [3.05, 3.63) is 0 Å². The molecular weight excluding hydrogens is 136 g/mol. The van der Waals surface area contributed by atoms with Crippen LogP contribution in [0.25, 0.3) is 0 Å². The van der Waals surface area contributed by atoms with Crippen LogP contribution in [0.5, 0.6) is 0 Å². The predicted octanol–water partition coefficient (Wildman–Crippen LogP) is -1.71. The summed E-state index contributed by atoms with van der Waals surface area (Å²) in [4.78, 5) is 18.4. The highest BCUT2D eigenvalue weighted by atomic mass is 16.4. The fourth-order valence-electron chi connectivity index (χ4n) is 0.204. The van der Waals surface area contributed by atoms with Gasteiger partial charge in [-0.2, -0.15) is 0 Å². The van der Waals surface area contributed by atoms with Crippen LogP contribution in [-0.2, 0) is 9.59 Å². The summed E-state index contributed by atoms with van der Waals surface area (Å²) >= 11 is 0. The van der Waals surface area contributed by atoms with Crippen LogP contribution >= 0.6 is 0 Å². The largest absolute Gasteiger partial charge is 0.550 e. The van der Waals surface area contributed by atoms with Crippen LogP contribution in [0.4, 0.5) is 0 Å². The normalized spacial score (nSPS) is 7.40. The van der Waals surface area contributed by atoms with Gasteiger partial charge in [-0.05, 0) is 13.3 Å². The SMILES string of the molecule is CC(=O)[O-].CCCC(=O)[O-]. The average Bonchev–Trinajstić information content (AvgIpc) is 1.62. The van der Waals surface area contributed by atoms with Crippen LogP contribution in [0, 0.1) is 0 Å². The standard InChI is InChI=1S/C4H8O2.C2H4O2/c1-2-3-4(5)6;1-2(3)4/h2-3H2,1H3,(H,5,6);1H3,(H,3,4)/p-2. The van der Waals surface area contributed by atoms with Crippen LogP contribution in [-0.4, -0.2) is 11.9 Å². The van der Waals surface area contributed by atoms with Crippen molar-refractivity contribution in [1.82, 2.24) is 0 Å². The van der Waals surface area contributed by atoms with E-state index in [1.54, 1.807) is 6.92 Å². The number of carbonyl (C=O) groups is 2. The molecule has 0 aliphatic rings. The van der Waals surface area contributed by atoms with Crippen molar-refractivity contribution in [3.63, 3.8) is 0 Å². The molecule has 60 valence electrons. The Morgan fingerprint density at radius 2 is 1.60 bits per heavy atom. The smallest absolute Gasteiger partial charge is 0.0414 e. The van der Waals surface area contributed by atoms with Crippen LogP contribution in [0.1, 0.15) is 26.7 Å². The predicted molar refractivity (Wildman–Crippen MR) is 30.6 cm³/mol. The first kappa shape index (κ1) is 11.7. The Morgan fingerprint density at radius 1 is 1.30 bits per heavy atom. The van der Waals surface area contributed by atoms with Crippen molar-refractivity contribution < 1.29 is 19.8 Å². The molecule has 0 unspecified atom stereocenters. The van der Waals surface area contributed by atoms with Crippen LogP contribution in [0.3, 0.4) is 0 Å².